The van der Waals surface area contributed by atoms with Crippen molar-refractivity contribution in [1.29, 1.82) is 0 Å². The Morgan fingerprint density at radius 1 is 0.312 bits per heavy atom. The van der Waals surface area contributed by atoms with E-state index in [1.54, 1.807) is 6.08 Å². The Balaban J connectivity index is 3.43. The number of hydrogen-bond acceptors (Lipinski definition) is 3. The Morgan fingerprint density at radius 3 is 0.792 bits per heavy atom. The summed E-state index contributed by atoms with van der Waals surface area (Å²) in [7, 11) is 0. The van der Waals surface area contributed by atoms with Gasteiger partial charge >= 0.3 is 0 Å². The van der Waals surface area contributed by atoms with Crippen LogP contribution in [0.4, 0.5) is 0 Å². The van der Waals surface area contributed by atoms with Gasteiger partial charge in [-0.05, 0) is 57.8 Å². The lowest BCUT2D eigenvalue weighted by molar-refractivity contribution is -0.123. The summed E-state index contributed by atoms with van der Waals surface area (Å²) < 4.78 is 0. The van der Waals surface area contributed by atoms with Gasteiger partial charge in [0.2, 0.25) is 5.91 Å². The van der Waals surface area contributed by atoms with Gasteiger partial charge in [-0.3, -0.25) is 4.79 Å². The largest absolute Gasteiger partial charge is 0.394 e. The van der Waals surface area contributed by atoms with Crippen molar-refractivity contribution in [2.45, 2.75) is 405 Å². The summed E-state index contributed by atoms with van der Waals surface area (Å²) >= 11 is 0. The Hall–Kier alpha value is -1.65. The highest BCUT2D eigenvalue weighted by atomic mass is 16.3. The van der Waals surface area contributed by atoms with Crippen molar-refractivity contribution in [2.75, 3.05) is 6.61 Å². The number of aliphatic hydroxyl groups is 2. The summed E-state index contributed by atoms with van der Waals surface area (Å²) in [5, 5.41) is 23.3. The van der Waals surface area contributed by atoms with E-state index in [0.717, 1.165) is 38.5 Å². The topological polar surface area (TPSA) is 69.6 Å². The van der Waals surface area contributed by atoms with Crippen molar-refractivity contribution in [3.05, 3.63) is 48.6 Å². The van der Waals surface area contributed by atoms with Crippen LogP contribution in [0.3, 0.4) is 0 Å². The first-order valence-corrected chi connectivity index (χ1v) is 35.4. The van der Waals surface area contributed by atoms with E-state index in [9.17, 15) is 15.0 Å². The number of carbonyl (C=O) groups excluding carboxylic acids is 1. The average molecular weight is 1080 g/mol. The van der Waals surface area contributed by atoms with Crippen molar-refractivity contribution >= 4 is 5.91 Å². The zero-order chi connectivity index (χ0) is 55.5. The number of amides is 1. The second kappa shape index (κ2) is 68.6. The lowest BCUT2D eigenvalue weighted by Crippen LogP contribution is -2.45. The minimum Gasteiger partial charge on any atom is -0.394 e. The molecule has 0 aliphatic carbocycles. The Morgan fingerprint density at radius 2 is 0.532 bits per heavy atom. The standard InChI is InChI=1S/C73H139NO3/c1-3-5-7-9-11-13-15-17-19-21-23-25-27-29-31-33-35-36-37-38-39-41-43-45-47-49-51-53-55-57-59-61-63-65-67-69-73(77)74-71(70-75)72(76)68-66-64-62-60-58-56-54-52-50-48-46-44-42-40-34-32-30-28-26-24-22-20-18-16-14-12-10-8-6-4-2/h15,17,21,23,27,29,66,68,71-72,75-76H,3-14,16,18-20,22,24-26,28,30-65,67,69-70H2,1-2H3,(H,74,77)/b17-15-,23-21-,29-27-,68-66+. The molecule has 2 atom stereocenters. The van der Waals surface area contributed by atoms with Gasteiger partial charge in [-0.25, -0.2) is 0 Å². The highest BCUT2D eigenvalue weighted by molar-refractivity contribution is 5.76. The van der Waals surface area contributed by atoms with Crippen LogP contribution in [0.2, 0.25) is 0 Å². The summed E-state index contributed by atoms with van der Waals surface area (Å²) in [5.74, 6) is -0.0566. The number of rotatable bonds is 66. The molecule has 0 saturated heterocycles. The first kappa shape index (κ1) is 75.3. The molecule has 77 heavy (non-hydrogen) atoms. The zero-order valence-electron chi connectivity index (χ0n) is 52.5. The molecule has 1 amide bonds. The number of allylic oxidation sites excluding steroid dienone is 7. The number of hydrogen-bond donors (Lipinski definition) is 3. The van der Waals surface area contributed by atoms with Crippen molar-refractivity contribution in [1.82, 2.24) is 5.32 Å². The fraction of sp³-hybridized carbons (Fsp3) is 0.877. The molecule has 0 aliphatic rings. The van der Waals surface area contributed by atoms with Crippen molar-refractivity contribution in [2.24, 2.45) is 0 Å². The Bertz CT molecular complexity index is 1220. The van der Waals surface area contributed by atoms with E-state index in [-0.39, 0.29) is 12.5 Å². The van der Waals surface area contributed by atoms with E-state index < -0.39 is 12.1 Å². The van der Waals surface area contributed by atoms with E-state index >= 15 is 0 Å². The van der Waals surface area contributed by atoms with Crippen LogP contribution < -0.4 is 5.32 Å². The van der Waals surface area contributed by atoms with Gasteiger partial charge in [0.05, 0.1) is 18.8 Å². The van der Waals surface area contributed by atoms with Crippen LogP contribution in [-0.2, 0) is 4.79 Å². The van der Waals surface area contributed by atoms with Crippen molar-refractivity contribution in [3.8, 4) is 0 Å². The van der Waals surface area contributed by atoms with Gasteiger partial charge in [-0.15, -0.1) is 0 Å². The molecule has 0 bridgehead atoms. The minimum atomic E-state index is -0.841. The maximum absolute atomic E-state index is 12.5. The van der Waals surface area contributed by atoms with Crippen LogP contribution in [0, 0.1) is 0 Å². The van der Waals surface area contributed by atoms with Crippen LogP contribution in [-0.4, -0.2) is 34.9 Å². The first-order chi connectivity index (χ1) is 38.2. The van der Waals surface area contributed by atoms with Crippen LogP contribution in [0.25, 0.3) is 0 Å². The summed E-state index contributed by atoms with van der Waals surface area (Å²) in [6, 6.07) is -0.623. The Kier molecular flexibility index (Phi) is 67.2. The average Bonchev–Trinajstić information content (AvgIpc) is 3.43. The fourth-order valence-electron chi connectivity index (χ4n) is 11.2. The van der Waals surface area contributed by atoms with E-state index in [1.165, 1.54) is 334 Å². The lowest BCUT2D eigenvalue weighted by atomic mass is 10.0. The molecular weight excluding hydrogens is 939 g/mol. The van der Waals surface area contributed by atoms with Gasteiger partial charge in [-0.1, -0.05) is 377 Å². The lowest BCUT2D eigenvalue weighted by Gasteiger charge is -2.20. The second-order valence-corrected chi connectivity index (χ2v) is 24.3. The summed E-state index contributed by atoms with van der Waals surface area (Å²) in [6.45, 7) is 4.34. The molecule has 0 radical (unpaired) electrons. The van der Waals surface area contributed by atoms with E-state index in [1.807, 2.05) is 6.08 Å². The molecule has 0 spiro atoms. The molecule has 454 valence electrons. The van der Waals surface area contributed by atoms with Gasteiger partial charge in [0.25, 0.3) is 0 Å². The number of unbranched alkanes of at least 4 members (excludes halogenated alkanes) is 53. The molecular formula is C73H139NO3. The van der Waals surface area contributed by atoms with Crippen LogP contribution in [0.5, 0.6) is 0 Å². The molecule has 0 aromatic heterocycles. The highest BCUT2D eigenvalue weighted by Gasteiger charge is 2.18. The number of aliphatic hydroxyl groups excluding tert-OH is 2. The quantitative estimate of drug-likeness (QED) is 0.0420. The molecule has 4 nitrogen and oxygen atoms in total. The maximum Gasteiger partial charge on any atom is 0.220 e. The third kappa shape index (κ3) is 65.0. The summed E-state index contributed by atoms with van der Waals surface area (Å²) in [6.07, 6.45) is 96.3. The predicted octanol–water partition coefficient (Wildman–Crippen LogP) is 24.1. The van der Waals surface area contributed by atoms with E-state index in [4.69, 9.17) is 0 Å². The normalized spacial score (nSPS) is 12.9. The van der Waals surface area contributed by atoms with E-state index in [0.29, 0.717) is 6.42 Å². The first-order valence-electron chi connectivity index (χ1n) is 35.4. The van der Waals surface area contributed by atoms with Gasteiger partial charge in [0.15, 0.2) is 0 Å². The highest BCUT2D eigenvalue weighted by Crippen LogP contribution is 2.19. The van der Waals surface area contributed by atoms with Gasteiger partial charge in [0, 0.05) is 6.42 Å². The van der Waals surface area contributed by atoms with Crippen LogP contribution in [0.1, 0.15) is 393 Å². The summed E-state index contributed by atoms with van der Waals surface area (Å²) in [5.41, 5.74) is 0. The zero-order valence-corrected chi connectivity index (χ0v) is 52.5. The Labute approximate surface area is 484 Å². The van der Waals surface area contributed by atoms with Gasteiger partial charge in [-0.2, -0.15) is 0 Å². The van der Waals surface area contributed by atoms with Gasteiger partial charge in [0.1, 0.15) is 0 Å². The maximum atomic E-state index is 12.5. The van der Waals surface area contributed by atoms with Crippen LogP contribution >= 0.6 is 0 Å². The van der Waals surface area contributed by atoms with Crippen LogP contribution in [0.15, 0.2) is 48.6 Å². The molecule has 0 aromatic rings. The molecule has 0 heterocycles. The summed E-state index contributed by atoms with van der Waals surface area (Å²) in [4.78, 5) is 12.5. The molecule has 0 aromatic carbocycles. The third-order valence-corrected chi connectivity index (χ3v) is 16.6. The fourth-order valence-corrected chi connectivity index (χ4v) is 11.2. The molecule has 4 heteroatoms. The van der Waals surface area contributed by atoms with E-state index in [2.05, 4.69) is 55.6 Å². The molecule has 3 N–H and O–H groups in total. The number of carbonyl (C=O) groups is 1. The third-order valence-electron chi connectivity index (χ3n) is 16.6. The molecule has 0 fully saturated rings. The van der Waals surface area contributed by atoms with Crippen molar-refractivity contribution < 1.29 is 15.0 Å². The molecule has 0 aliphatic heterocycles. The second-order valence-electron chi connectivity index (χ2n) is 24.3. The molecule has 0 rings (SSSR count). The van der Waals surface area contributed by atoms with Crippen molar-refractivity contribution in [3.63, 3.8) is 0 Å². The molecule has 2 unspecified atom stereocenters. The predicted molar refractivity (Wildman–Crippen MR) is 345 cm³/mol. The minimum absolute atomic E-state index is 0.0566. The van der Waals surface area contributed by atoms with Gasteiger partial charge < -0.3 is 15.5 Å². The molecule has 0 saturated carbocycles. The monoisotopic (exact) mass is 1080 g/mol. The number of nitrogens with one attached hydrogen (secondary N) is 1. The smallest absolute Gasteiger partial charge is 0.220 e. The SMILES string of the molecule is CCCCCCC/C=C\C/C=C\C/C=C\CCCCCCCCCCCCCCCCCCCCCCC(=O)NC(CO)C(O)/C=C/CCCCCCCCCCCCCCCCCCCCCCCCCCCCCC.